The van der Waals surface area contributed by atoms with Gasteiger partial charge in [0.1, 0.15) is 0 Å². The molecule has 0 saturated carbocycles. The van der Waals surface area contributed by atoms with Crippen LogP contribution in [0.4, 0.5) is 0 Å². The fraction of sp³-hybridized carbons (Fsp3) is 0. The molecule has 4 bridgehead atoms. The van der Waals surface area contributed by atoms with E-state index in [1.807, 2.05) is 48.6 Å². The average molecular weight is 298 g/mol. The van der Waals surface area contributed by atoms with Crippen molar-refractivity contribution in [1.29, 1.82) is 0 Å². The highest BCUT2D eigenvalue weighted by Gasteiger charge is 2.34. The Morgan fingerprint density at radius 3 is 2.43 bits per heavy atom. The lowest BCUT2D eigenvalue weighted by atomic mass is 10.1. The van der Waals surface area contributed by atoms with Crippen molar-refractivity contribution in [1.82, 2.24) is 0 Å². The van der Waals surface area contributed by atoms with E-state index in [1.54, 1.807) is 6.07 Å². The number of hydrogen-bond donors (Lipinski definition) is 0. The Kier molecular flexibility index (Phi) is 3.05. The van der Waals surface area contributed by atoms with E-state index >= 15 is 0 Å². The molecule has 2 aliphatic carbocycles. The maximum Gasteiger partial charge on any atom is 0.284 e. The smallest absolute Gasteiger partial charge is 0.258 e. The second kappa shape index (κ2) is 5.21. The lowest BCUT2D eigenvalue weighted by Crippen LogP contribution is -1.97. The van der Waals surface area contributed by atoms with E-state index in [0.29, 0.717) is 0 Å². The number of hydrogen-bond acceptors (Lipinski definition) is 2. The molecule has 3 nitrogen and oxygen atoms in total. The number of allylic oxidation sites excluding steroid dienone is 2. The van der Waals surface area contributed by atoms with Gasteiger partial charge in [-0.3, -0.25) is 10.1 Å². The van der Waals surface area contributed by atoms with Crippen LogP contribution in [0, 0.1) is 16.2 Å². The molecule has 0 aromatic heterocycles. The summed E-state index contributed by atoms with van der Waals surface area (Å²) in [6.07, 6.45) is 3.75. The van der Waals surface area contributed by atoms with Gasteiger partial charge in [0, 0.05) is 0 Å². The van der Waals surface area contributed by atoms with E-state index in [4.69, 9.17) is 0 Å². The van der Waals surface area contributed by atoms with Gasteiger partial charge in [-0.2, -0.15) is 0 Å². The zero-order chi connectivity index (χ0) is 15.8. The summed E-state index contributed by atoms with van der Waals surface area (Å²) in [5, 5.41) is 13.2. The van der Waals surface area contributed by atoms with Crippen LogP contribution in [0.1, 0.15) is 16.7 Å². The van der Waals surface area contributed by atoms with Crippen LogP contribution in [0.5, 0.6) is 0 Å². The van der Waals surface area contributed by atoms with Crippen LogP contribution in [0.3, 0.4) is 0 Å². The Balaban J connectivity index is 0.000000122. The summed E-state index contributed by atoms with van der Waals surface area (Å²) < 4.78 is 0. The van der Waals surface area contributed by atoms with Crippen LogP contribution in [0.25, 0.3) is 28.1 Å². The normalized spacial score (nSPS) is 13.2. The monoisotopic (exact) mass is 298 g/mol. The first-order valence-corrected chi connectivity index (χ1v) is 7.31. The molecule has 0 aliphatic heterocycles. The van der Waals surface area contributed by atoms with Gasteiger partial charge in [0.2, 0.25) is 0 Å². The third-order valence-corrected chi connectivity index (χ3v) is 4.08. The number of benzene rings is 3. The number of rotatable bonds is 1. The maximum atomic E-state index is 10.8. The second-order valence-electron chi connectivity index (χ2n) is 5.38. The van der Waals surface area contributed by atoms with Crippen molar-refractivity contribution in [2.24, 2.45) is 0 Å². The highest BCUT2D eigenvalue weighted by atomic mass is 16.6. The second-order valence-corrected chi connectivity index (χ2v) is 5.38. The standard InChI is InChI=1S/C10H5NO2.C10H7/c12-11(13)10-8-3-1-2-6-7(8)4-5-9(6)10;1-2-6-10-8-4-3-7-9(10)5-1/h1-5H;1-7H. The van der Waals surface area contributed by atoms with Crippen LogP contribution in [0.15, 0.2) is 66.7 Å². The molecule has 0 fully saturated rings. The summed E-state index contributed by atoms with van der Waals surface area (Å²) in [7, 11) is 0. The van der Waals surface area contributed by atoms with Gasteiger partial charge in [0.15, 0.2) is 0 Å². The molecule has 5 rings (SSSR count). The average Bonchev–Trinajstić information content (AvgIpc) is 3.07. The SMILES string of the molecule is O=[N+]([O-])C1=C2C=Cc3c2cccc31.[c]1cccc2ccccc12. The molecular formula is C20H12NO2. The van der Waals surface area contributed by atoms with Crippen molar-refractivity contribution in [2.45, 2.75) is 0 Å². The van der Waals surface area contributed by atoms with Crippen LogP contribution in [-0.4, -0.2) is 4.92 Å². The molecule has 0 unspecified atom stereocenters. The molecule has 0 heterocycles. The molecule has 3 heteroatoms. The van der Waals surface area contributed by atoms with E-state index in [0.717, 1.165) is 22.3 Å². The fourth-order valence-corrected chi connectivity index (χ4v) is 3.05. The van der Waals surface area contributed by atoms with E-state index in [2.05, 4.69) is 24.3 Å². The Labute approximate surface area is 133 Å². The molecule has 3 aromatic carbocycles. The maximum absolute atomic E-state index is 10.8. The van der Waals surface area contributed by atoms with Gasteiger partial charge in [-0.05, 0) is 40.1 Å². The molecule has 0 amide bonds. The Hall–Kier alpha value is -3.20. The number of fused-ring (bicyclic) bond motifs is 1. The van der Waals surface area contributed by atoms with Crippen molar-refractivity contribution in [2.75, 3.05) is 0 Å². The third kappa shape index (κ3) is 2.14. The summed E-state index contributed by atoms with van der Waals surface area (Å²) in [5.74, 6) is 0. The lowest BCUT2D eigenvalue weighted by molar-refractivity contribution is -0.374. The van der Waals surface area contributed by atoms with Crippen molar-refractivity contribution < 1.29 is 4.92 Å². The largest absolute Gasteiger partial charge is 0.284 e. The first kappa shape index (κ1) is 13.5. The summed E-state index contributed by atoms with van der Waals surface area (Å²) in [6.45, 7) is 0. The first-order chi connectivity index (χ1) is 11.3. The Bertz CT molecular complexity index is 934. The number of nitrogens with zero attached hydrogens (tertiary/aromatic N) is 1. The van der Waals surface area contributed by atoms with Crippen molar-refractivity contribution in [3.63, 3.8) is 0 Å². The highest BCUT2D eigenvalue weighted by Crippen LogP contribution is 2.45. The van der Waals surface area contributed by atoms with E-state index in [1.165, 1.54) is 10.8 Å². The van der Waals surface area contributed by atoms with Crippen molar-refractivity contribution in [3.05, 3.63) is 99.6 Å². The fourth-order valence-electron chi connectivity index (χ4n) is 3.05. The van der Waals surface area contributed by atoms with Crippen molar-refractivity contribution >= 4 is 28.1 Å². The van der Waals surface area contributed by atoms with E-state index in [-0.39, 0.29) is 10.6 Å². The predicted molar refractivity (Wildman–Crippen MR) is 92.1 cm³/mol. The molecule has 1 radical (unpaired) electrons. The molecule has 109 valence electrons. The summed E-state index contributed by atoms with van der Waals surface area (Å²) in [4.78, 5) is 10.5. The van der Waals surface area contributed by atoms with Gasteiger partial charge >= 0.3 is 0 Å². The minimum absolute atomic E-state index is 0.262. The van der Waals surface area contributed by atoms with Gasteiger partial charge in [-0.25, -0.2) is 0 Å². The summed E-state index contributed by atoms with van der Waals surface area (Å²) in [6, 6.07) is 23.0. The predicted octanol–water partition coefficient (Wildman–Crippen LogP) is 4.81. The minimum Gasteiger partial charge on any atom is -0.258 e. The van der Waals surface area contributed by atoms with Gasteiger partial charge in [0.25, 0.3) is 5.70 Å². The van der Waals surface area contributed by atoms with Gasteiger partial charge < -0.3 is 0 Å². The lowest BCUT2D eigenvalue weighted by Gasteiger charge is -1.97. The molecular weight excluding hydrogens is 286 g/mol. The zero-order valence-electron chi connectivity index (χ0n) is 12.2. The molecule has 2 aliphatic rings. The quantitative estimate of drug-likeness (QED) is 0.478. The van der Waals surface area contributed by atoms with Gasteiger partial charge in [-0.15, -0.1) is 0 Å². The summed E-state index contributed by atoms with van der Waals surface area (Å²) in [5.41, 5.74) is 3.80. The molecule has 3 aromatic rings. The molecule has 0 N–H and O–H groups in total. The molecule has 0 saturated heterocycles. The molecule has 0 atom stereocenters. The zero-order valence-corrected chi connectivity index (χ0v) is 12.2. The first-order valence-electron chi connectivity index (χ1n) is 7.31. The third-order valence-electron chi connectivity index (χ3n) is 4.08. The van der Waals surface area contributed by atoms with E-state index < -0.39 is 0 Å². The molecule has 23 heavy (non-hydrogen) atoms. The van der Waals surface area contributed by atoms with Crippen LogP contribution >= 0.6 is 0 Å². The number of nitro groups is 1. The van der Waals surface area contributed by atoms with Crippen LogP contribution in [0.2, 0.25) is 0 Å². The summed E-state index contributed by atoms with van der Waals surface area (Å²) >= 11 is 0. The van der Waals surface area contributed by atoms with Crippen molar-refractivity contribution in [3.8, 4) is 0 Å². The van der Waals surface area contributed by atoms with Gasteiger partial charge in [-0.1, -0.05) is 60.7 Å². The van der Waals surface area contributed by atoms with E-state index in [9.17, 15) is 10.1 Å². The highest BCUT2D eigenvalue weighted by molar-refractivity contribution is 6.09. The molecule has 0 spiro atoms. The Morgan fingerprint density at radius 1 is 0.870 bits per heavy atom. The Morgan fingerprint density at radius 2 is 1.65 bits per heavy atom. The topological polar surface area (TPSA) is 43.1 Å². The van der Waals surface area contributed by atoms with Crippen LogP contribution < -0.4 is 0 Å². The minimum atomic E-state index is -0.301. The van der Waals surface area contributed by atoms with Crippen LogP contribution in [-0.2, 0) is 0 Å². The van der Waals surface area contributed by atoms with Gasteiger partial charge in [0.05, 0.1) is 16.1 Å².